The Balaban J connectivity index is 2.06. The van der Waals surface area contributed by atoms with Gasteiger partial charge in [0.2, 0.25) is 11.9 Å². The molecule has 2 heterocycles. The number of likely N-dealkylation sites (N-methyl/N-ethyl adjacent to an activating group) is 1. The summed E-state index contributed by atoms with van der Waals surface area (Å²) in [5.41, 5.74) is 0. The third-order valence-electron chi connectivity index (χ3n) is 3.63. The van der Waals surface area contributed by atoms with E-state index in [1.807, 2.05) is 38.2 Å². The van der Waals surface area contributed by atoms with E-state index in [1.165, 1.54) is 0 Å². The average molecular weight is 291 g/mol. The maximum absolute atomic E-state index is 5.37. The Kier molecular flexibility index (Phi) is 4.88. The van der Waals surface area contributed by atoms with Gasteiger partial charge in [-0.15, -0.1) is 0 Å². The molecule has 6 nitrogen and oxygen atoms in total. The number of guanidine groups is 2. The van der Waals surface area contributed by atoms with Gasteiger partial charge in [0.05, 0.1) is 18.3 Å². The lowest BCUT2D eigenvalue weighted by Crippen LogP contribution is -2.47. The van der Waals surface area contributed by atoms with Crippen LogP contribution in [-0.2, 0) is 6.42 Å². The summed E-state index contributed by atoms with van der Waals surface area (Å²) in [5.74, 6) is 2.68. The molecule has 0 bridgehead atoms. The molecule has 1 aromatic heterocycles. The smallest absolute Gasteiger partial charge is 0.200 e. The van der Waals surface area contributed by atoms with Gasteiger partial charge in [-0.1, -0.05) is 0 Å². The van der Waals surface area contributed by atoms with Crippen molar-refractivity contribution in [1.82, 2.24) is 15.1 Å². The van der Waals surface area contributed by atoms with Crippen LogP contribution in [0.4, 0.5) is 0 Å². The van der Waals surface area contributed by atoms with Gasteiger partial charge in [0.25, 0.3) is 0 Å². The van der Waals surface area contributed by atoms with Crippen LogP contribution in [0.15, 0.2) is 32.8 Å². The predicted molar refractivity (Wildman–Crippen MR) is 85.7 cm³/mol. The van der Waals surface area contributed by atoms with Crippen molar-refractivity contribution in [1.29, 1.82) is 0 Å². The van der Waals surface area contributed by atoms with Crippen molar-refractivity contribution in [2.45, 2.75) is 32.4 Å². The number of furan rings is 1. The van der Waals surface area contributed by atoms with Crippen LogP contribution in [0.3, 0.4) is 0 Å². The van der Waals surface area contributed by atoms with E-state index in [9.17, 15) is 0 Å². The first kappa shape index (κ1) is 15.4. The first-order chi connectivity index (χ1) is 9.97. The fraction of sp³-hybridized carbons (Fsp3) is 0.600. The highest BCUT2D eigenvalue weighted by Crippen LogP contribution is 2.09. The van der Waals surface area contributed by atoms with Gasteiger partial charge < -0.3 is 14.2 Å². The molecule has 1 aromatic rings. The summed E-state index contributed by atoms with van der Waals surface area (Å²) in [5, 5.41) is 3.33. The largest absolute Gasteiger partial charge is 0.469 e. The molecule has 2 atom stereocenters. The molecular weight excluding hydrogens is 266 g/mol. The summed E-state index contributed by atoms with van der Waals surface area (Å²) >= 11 is 0. The van der Waals surface area contributed by atoms with Gasteiger partial charge in [-0.3, -0.25) is 5.32 Å². The molecule has 0 saturated heterocycles. The Morgan fingerprint density at radius 2 is 1.81 bits per heavy atom. The number of aliphatic imine (C=N–C) groups is 2. The van der Waals surface area contributed by atoms with Gasteiger partial charge in [0.1, 0.15) is 5.76 Å². The molecule has 0 saturated carbocycles. The van der Waals surface area contributed by atoms with Crippen LogP contribution >= 0.6 is 0 Å². The van der Waals surface area contributed by atoms with E-state index in [0.717, 1.165) is 30.6 Å². The maximum atomic E-state index is 5.37. The maximum Gasteiger partial charge on any atom is 0.200 e. The number of rotatable bonds is 3. The Morgan fingerprint density at radius 1 is 1.14 bits per heavy atom. The molecule has 1 aliphatic heterocycles. The molecule has 0 aromatic carbocycles. The second-order valence-electron chi connectivity index (χ2n) is 5.66. The minimum Gasteiger partial charge on any atom is -0.469 e. The molecule has 0 radical (unpaired) electrons. The third-order valence-corrected chi connectivity index (χ3v) is 3.63. The molecule has 21 heavy (non-hydrogen) atoms. The Hall–Kier alpha value is -1.98. The van der Waals surface area contributed by atoms with Crippen LogP contribution in [0.5, 0.6) is 0 Å². The first-order valence-electron chi connectivity index (χ1n) is 7.31. The molecule has 2 unspecified atom stereocenters. The van der Waals surface area contributed by atoms with Crippen molar-refractivity contribution in [3.05, 3.63) is 24.2 Å². The number of nitrogens with zero attached hydrogens (tertiary/aromatic N) is 4. The van der Waals surface area contributed by atoms with E-state index in [0.29, 0.717) is 0 Å². The van der Waals surface area contributed by atoms with Crippen LogP contribution in [0.25, 0.3) is 0 Å². The number of nitrogens with one attached hydrogen (secondary N) is 1. The molecule has 6 heteroatoms. The number of hydrogen-bond donors (Lipinski definition) is 1. The highest BCUT2D eigenvalue weighted by Gasteiger charge is 2.21. The lowest BCUT2D eigenvalue weighted by atomic mass is 10.2. The Labute approximate surface area is 126 Å². The molecule has 2 rings (SSSR count). The van der Waals surface area contributed by atoms with Crippen molar-refractivity contribution in [2.75, 3.05) is 27.7 Å². The minimum atomic E-state index is 0.149. The van der Waals surface area contributed by atoms with Crippen molar-refractivity contribution < 1.29 is 4.42 Å². The molecule has 0 amide bonds. The Bertz CT molecular complexity index is 506. The van der Waals surface area contributed by atoms with E-state index in [2.05, 4.69) is 29.1 Å². The summed E-state index contributed by atoms with van der Waals surface area (Å²) in [4.78, 5) is 13.5. The van der Waals surface area contributed by atoms with Gasteiger partial charge in [0, 0.05) is 34.1 Å². The SMILES string of the molecule is CC1N=C(N(C)C)NC(N(C)CCc2ccco2)=NC1C. The fourth-order valence-electron chi connectivity index (χ4n) is 2.03. The Morgan fingerprint density at radius 3 is 2.38 bits per heavy atom. The molecule has 1 aliphatic rings. The molecule has 116 valence electrons. The van der Waals surface area contributed by atoms with Gasteiger partial charge in [-0.2, -0.15) is 0 Å². The lowest BCUT2D eigenvalue weighted by molar-refractivity contribution is 0.441. The van der Waals surface area contributed by atoms with Crippen LogP contribution < -0.4 is 5.32 Å². The standard InChI is InChI=1S/C15H25N5O/c1-11-12(2)17-15(18-14(16-11)19(3)4)20(5)9-8-13-7-6-10-21-13/h6-7,10-12H,8-9H2,1-5H3,(H,16,17,18). The summed E-state index contributed by atoms with van der Waals surface area (Å²) in [6, 6.07) is 4.21. The summed E-state index contributed by atoms with van der Waals surface area (Å²) in [6.45, 7) is 5.01. The van der Waals surface area contributed by atoms with E-state index in [1.54, 1.807) is 6.26 Å². The molecule has 0 spiro atoms. The summed E-state index contributed by atoms with van der Waals surface area (Å²) in [7, 11) is 5.99. The zero-order valence-electron chi connectivity index (χ0n) is 13.5. The van der Waals surface area contributed by atoms with E-state index in [-0.39, 0.29) is 12.1 Å². The van der Waals surface area contributed by atoms with Crippen LogP contribution in [-0.4, -0.2) is 61.5 Å². The van der Waals surface area contributed by atoms with Gasteiger partial charge >= 0.3 is 0 Å². The second kappa shape index (κ2) is 6.65. The fourth-order valence-corrected chi connectivity index (χ4v) is 2.03. The minimum absolute atomic E-state index is 0.149. The molecule has 1 N–H and O–H groups in total. The zero-order chi connectivity index (χ0) is 15.4. The quantitative estimate of drug-likeness (QED) is 0.915. The van der Waals surface area contributed by atoms with E-state index >= 15 is 0 Å². The molecular formula is C15H25N5O. The molecule has 0 fully saturated rings. The highest BCUT2D eigenvalue weighted by atomic mass is 16.3. The van der Waals surface area contributed by atoms with Crippen LogP contribution in [0, 0.1) is 0 Å². The first-order valence-corrected chi connectivity index (χ1v) is 7.31. The van der Waals surface area contributed by atoms with E-state index < -0.39 is 0 Å². The lowest BCUT2D eigenvalue weighted by Gasteiger charge is -2.24. The molecule has 0 aliphatic carbocycles. The summed E-state index contributed by atoms with van der Waals surface area (Å²) < 4.78 is 5.37. The van der Waals surface area contributed by atoms with Crippen LogP contribution in [0.1, 0.15) is 19.6 Å². The summed E-state index contributed by atoms with van der Waals surface area (Å²) in [6.07, 6.45) is 2.56. The highest BCUT2D eigenvalue weighted by molar-refractivity contribution is 5.99. The van der Waals surface area contributed by atoms with Gasteiger partial charge in [-0.25, -0.2) is 9.98 Å². The topological polar surface area (TPSA) is 56.4 Å². The average Bonchev–Trinajstić information content (AvgIpc) is 2.90. The third kappa shape index (κ3) is 4.00. The predicted octanol–water partition coefficient (Wildman–Crippen LogP) is 1.41. The van der Waals surface area contributed by atoms with Crippen molar-refractivity contribution in [3.8, 4) is 0 Å². The monoisotopic (exact) mass is 291 g/mol. The van der Waals surface area contributed by atoms with Crippen molar-refractivity contribution in [3.63, 3.8) is 0 Å². The zero-order valence-corrected chi connectivity index (χ0v) is 13.5. The number of hydrogen-bond acceptors (Lipinski definition) is 6. The second-order valence-corrected chi connectivity index (χ2v) is 5.66. The normalized spacial score (nSPS) is 22.0. The van der Waals surface area contributed by atoms with E-state index in [4.69, 9.17) is 9.41 Å². The van der Waals surface area contributed by atoms with Crippen molar-refractivity contribution >= 4 is 11.9 Å². The van der Waals surface area contributed by atoms with Gasteiger partial charge in [-0.05, 0) is 26.0 Å². The van der Waals surface area contributed by atoms with Gasteiger partial charge in [0.15, 0.2) is 0 Å². The van der Waals surface area contributed by atoms with Crippen LogP contribution in [0.2, 0.25) is 0 Å². The van der Waals surface area contributed by atoms with Crippen molar-refractivity contribution in [2.24, 2.45) is 9.98 Å².